The van der Waals surface area contributed by atoms with E-state index in [0.29, 0.717) is 13.2 Å². The van der Waals surface area contributed by atoms with Gasteiger partial charge in [-0.3, -0.25) is 0 Å². The third-order valence-corrected chi connectivity index (χ3v) is 2.76. The molecule has 4 heteroatoms. The average molecular weight is 230 g/mol. The normalized spacial score (nSPS) is 17.8. The van der Waals surface area contributed by atoms with Crippen LogP contribution in [0.25, 0.3) is 0 Å². The Bertz CT molecular complexity index is 461. The van der Waals surface area contributed by atoms with Crippen molar-refractivity contribution in [3.05, 3.63) is 48.2 Å². The second-order valence-electron chi connectivity index (χ2n) is 4.09. The van der Waals surface area contributed by atoms with E-state index in [4.69, 9.17) is 9.47 Å². The summed E-state index contributed by atoms with van der Waals surface area (Å²) in [6.07, 6.45) is 1.83. The molecule has 1 aliphatic heterocycles. The zero-order valence-electron chi connectivity index (χ0n) is 9.45. The molecular weight excluding hydrogens is 216 g/mol. The third kappa shape index (κ3) is 2.31. The Hall–Kier alpha value is -1.81. The molecule has 88 valence electrons. The minimum Gasteiger partial charge on any atom is -0.470 e. The van der Waals surface area contributed by atoms with Gasteiger partial charge in [0.05, 0.1) is 26.0 Å². The van der Waals surface area contributed by atoms with Crippen molar-refractivity contribution in [2.75, 3.05) is 6.61 Å². The summed E-state index contributed by atoms with van der Waals surface area (Å²) >= 11 is 0. The Morgan fingerprint density at radius 1 is 1.29 bits per heavy atom. The minimum atomic E-state index is 0.0856. The molecule has 1 aromatic carbocycles. The second kappa shape index (κ2) is 4.59. The van der Waals surface area contributed by atoms with Crippen molar-refractivity contribution in [1.82, 2.24) is 9.78 Å². The summed E-state index contributed by atoms with van der Waals surface area (Å²) in [6.45, 7) is 2.00. The summed E-state index contributed by atoms with van der Waals surface area (Å²) in [7, 11) is 0. The lowest BCUT2D eigenvalue weighted by Crippen LogP contribution is -2.21. The first kappa shape index (κ1) is 10.4. The van der Waals surface area contributed by atoms with Gasteiger partial charge >= 0.3 is 0 Å². The molecule has 1 aromatic heterocycles. The number of rotatable bonds is 4. The van der Waals surface area contributed by atoms with Crippen LogP contribution < -0.4 is 4.74 Å². The van der Waals surface area contributed by atoms with Gasteiger partial charge in [-0.2, -0.15) is 5.10 Å². The van der Waals surface area contributed by atoms with Crippen molar-refractivity contribution >= 4 is 0 Å². The molecule has 0 fully saturated rings. The summed E-state index contributed by atoms with van der Waals surface area (Å²) < 4.78 is 13.2. The fourth-order valence-corrected chi connectivity index (χ4v) is 1.93. The number of fused-ring (bicyclic) bond motifs is 1. The number of aromatic nitrogens is 2. The molecule has 17 heavy (non-hydrogen) atoms. The first-order valence-electron chi connectivity index (χ1n) is 5.72. The minimum absolute atomic E-state index is 0.0856. The molecule has 2 aromatic rings. The van der Waals surface area contributed by atoms with Gasteiger partial charge in [0.1, 0.15) is 6.10 Å². The van der Waals surface area contributed by atoms with Crippen LogP contribution in [-0.2, 0) is 17.9 Å². The Kier molecular flexibility index (Phi) is 2.80. The second-order valence-corrected chi connectivity index (χ2v) is 4.09. The van der Waals surface area contributed by atoms with Crippen LogP contribution in [0.5, 0.6) is 5.88 Å². The van der Waals surface area contributed by atoms with Gasteiger partial charge < -0.3 is 9.47 Å². The number of hydrogen-bond acceptors (Lipinski definition) is 3. The van der Waals surface area contributed by atoms with Gasteiger partial charge in [0, 0.05) is 6.07 Å². The van der Waals surface area contributed by atoms with E-state index in [1.54, 1.807) is 6.20 Å². The maximum atomic E-state index is 5.66. The van der Waals surface area contributed by atoms with E-state index in [1.165, 1.54) is 5.56 Å². The maximum Gasteiger partial charge on any atom is 0.212 e. The monoisotopic (exact) mass is 230 g/mol. The van der Waals surface area contributed by atoms with E-state index in [1.807, 2.05) is 28.9 Å². The summed E-state index contributed by atoms with van der Waals surface area (Å²) in [5, 5.41) is 4.15. The topological polar surface area (TPSA) is 36.3 Å². The Balaban J connectivity index is 1.46. The average Bonchev–Trinajstić information content (AvgIpc) is 2.91. The molecule has 1 atom stereocenters. The van der Waals surface area contributed by atoms with E-state index < -0.39 is 0 Å². The van der Waals surface area contributed by atoms with E-state index in [2.05, 4.69) is 17.2 Å². The first-order chi connectivity index (χ1) is 8.42. The molecule has 0 spiro atoms. The SMILES string of the molecule is c1ccc(COCC2Cn3nccc3O2)cc1. The van der Waals surface area contributed by atoms with Crippen LogP contribution in [-0.4, -0.2) is 22.5 Å². The molecule has 0 bridgehead atoms. The number of nitrogens with zero attached hydrogens (tertiary/aromatic N) is 2. The number of ether oxygens (including phenoxy) is 2. The van der Waals surface area contributed by atoms with Crippen LogP contribution in [0.3, 0.4) is 0 Å². The molecule has 0 N–H and O–H groups in total. The zero-order valence-corrected chi connectivity index (χ0v) is 9.45. The van der Waals surface area contributed by atoms with Crippen molar-refractivity contribution in [2.24, 2.45) is 0 Å². The molecular formula is C13H14N2O2. The molecule has 0 aliphatic carbocycles. The lowest BCUT2D eigenvalue weighted by molar-refractivity contribution is 0.0496. The molecule has 1 unspecified atom stereocenters. The van der Waals surface area contributed by atoms with Crippen LogP contribution in [0.2, 0.25) is 0 Å². The lowest BCUT2D eigenvalue weighted by Gasteiger charge is -2.10. The van der Waals surface area contributed by atoms with Crippen molar-refractivity contribution < 1.29 is 9.47 Å². The summed E-state index contributed by atoms with van der Waals surface area (Å²) in [5.74, 6) is 0.832. The van der Waals surface area contributed by atoms with Gasteiger partial charge in [0.25, 0.3) is 0 Å². The smallest absolute Gasteiger partial charge is 0.212 e. The van der Waals surface area contributed by atoms with Crippen LogP contribution in [0.15, 0.2) is 42.6 Å². The zero-order chi connectivity index (χ0) is 11.5. The van der Waals surface area contributed by atoms with Crippen molar-refractivity contribution in [2.45, 2.75) is 19.3 Å². The predicted molar refractivity (Wildman–Crippen MR) is 62.7 cm³/mol. The van der Waals surface area contributed by atoms with Crippen molar-refractivity contribution in [1.29, 1.82) is 0 Å². The number of benzene rings is 1. The first-order valence-corrected chi connectivity index (χ1v) is 5.72. The van der Waals surface area contributed by atoms with Crippen LogP contribution >= 0.6 is 0 Å². The highest BCUT2D eigenvalue weighted by Gasteiger charge is 2.22. The van der Waals surface area contributed by atoms with Gasteiger partial charge in [0.2, 0.25) is 5.88 Å². The van der Waals surface area contributed by atoms with Gasteiger partial charge in [0.15, 0.2) is 0 Å². The molecule has 0 amide bonds. The fraction of sp³-hybridized carbons (Fsp3) is 0.308. The van der Waals surface area contributed by atoms with E-state index in [9.17, 15) is 0 Å². The highest BCUT2D eigenvalue weighted by atomic mass is 16.5. The van der Waals surface area contributed by atoms with Gasteiger partial charge in [-0.15, -0.1) is 0 Å². The van der Waals surface area contributed by atoms with E-state index >= 15 is 0 Å². The molecule has 0 saturated carbocycles. The molecule has 3 rings (SSSR count). The molecule has 4 nitrogen and oxygen atoms in total. The van der Waals surface area contributed by atoms with Crippen LogP contribution in [0, 0.1) is 0 Å². The summed E-state index contributed by atoms with van der Waals surface area (Å²) in [4.78, 5) is 0. The van der Waals surface area contributed by atoms with Crippen LogP contribution in [0.1, 0.15) is 5.56 Å². The van der Waals surface area contributed by atoms with Gasteiger partial charge in [-0.1, -0.05) is 30.3 Å². The highest BCUT2D eigenvalue weighted by molar-refractivity contribution is 5.13. The standard InChI is InChI=1S/C13H14N2O2/c1-2-4-11(5-3-1)9-16-10-12-8-15-13(17-12)6-7-14-15/h1-7,12H,8-10H2. The fourth-order valence-electron chi connectivity index (χ4n) is 1.93. The molecule has 0 saturated heterocycles. The molecule has 0 radical (unpaired) electrons. The summed E-state index contributed by atoms with van der Waals surface area (Å²) in [5.41, 5.74) is 1.18. The Morgan fingerprint density at radius 3 is 3.00 bits per heavy atom. The van der Waals surface area contributed by atoms with E-state index in [0.717, 1.165) is 12.4 Å². The highest BCUT2D eigenvalue weighted by Crippen LogP contribution is 2.20. The quantitative estimate of drug-likeness (QED) is 0.804. The van der Waals surface area contributed by atoms with Crippen molar-refractivity contribution in [3.63, 3.8) is 0 Å². The van der Waals surface area contributed by atoms with Gasteiger partial charge in [-0.05, 0) is 5.56 Å². The van der Waals surface area contributed by atoms with Crippen molar-refractivity contribution in [3.8, 4) is 5.88 Å². The Labute approximate surface area is 99.8 Å². The Morgan fingerprint density at radius 2 is 2.18 bits per heavy atom. The molecule has 2 heterocycles. The van der Waals surface area contributed by atoms with E-state index in [-0.39, 0.29) is 6.10 Å². The lowest BCUT2D eigenvalue weighted by atomic mass is 10.2. The largest absolute Gasteiger partial charge is 0.470 e. The number of hydrogen-bond donors (Lipinski definition) is 0. The summed E-state index contributed by atoms with van der Waals surface area (Å²) in [6, 6.07) is 12.0. The third-order valence-electron chi connectivity index (χ3n) is 2.76. The van der Waals surface area contributed by atoms with Gasteiger partial charge in [-0.25, -0.2) is 4.68 Å². The maximum absolute atomic E-state index is 5.66. The molecule has 1 aliphatic rings. The van der Waals surface area contributed by atoms with Crippen LogP contribution in [0.4, 0.5) is 0 Å². The predicted octanol–water partition coefficient (Wildman–Crippen LogP) is 1.86.